The fourth-order valence-electron chi connectivity index (χ4n) is 2.86. The lowest BCUT2D eigenvalue weighted by Gasteiger charge is -2.32. The maximum Gasteiger partial charge on any atom is 0.254 e. The largest absolute Gasteiger partial charge is 1.00 e. The quantitative estimate of drug-likeness (QED) is 0.708. The van der Waals surface area contributed by atoms with Gasteiger partial charge in [-0.2, -0.15) is 0 Å². The summed E-state index contributed by atoms with van der Waals surface area (Å²) in [5.74, 6) is 0.145. The highest BCUT2D eigenvalue weighted by atomic mass is 79.9. The van der Waals surface area contributed by atoms with Crippen molar-refractivity contribution in [2.75, 3.05) is 26.2 Å². The van der Waals surface area contributed by atoms with Crippen LogP contribution in [0, 0.1) is 0 Å². The molecule has 0 atom stereocenters. The van der Waals surface area contributed by atoms with Gasteiger partial charge in [-0.05, 0) is 24.3 Å². The fraction of sp³-hybridized carbons (Fsp3) is 0.278. The molecule has 2 aromatic carbocycles. The summed E-state index contributed by atoms with van der Waals surface area (Å²) in [6, 6.07) is 18.2. The van der Waals surface area contributed by atoms with Gasteiger partial charge in [-0.15, -0.1) is 0 Å². The van der Waals surface area contributed by atoms with Crippen LogP contribution in [0.2, 0.25) is 0 Å². The number of halogens is 2. The Morgan fingerprint density at radius 2 is 1.61 bits per heavy atom. The summed E-state index contributed by atoms with van der Waals surface area (Å²) in [6.07, 6.45) is 0. The number of carbonyl (C=O) groups excluding carboxylic acids is 1. The molecule has 23 heavy (non-hydrogen) atoms. The Kier molecular flexibility index (Phi) is 6.63. The molecule has 5 heteroatoms. The topological polar surface area (TPSA) is 24.8 Å². The number of piperazine rings is 1. The van der Waals surface area contributed by atoms with Gasteiger partial charge >= 0.3 is 0 Å². The minimum absolute atomic E-state index is 0. The molecule has 0 spiro atoms. The maximum absolute atomic E-state index is 12.5. The fourth-order valence-corrected chi connectivity index (χ4v) is 3.13. The average molecular weight is 396 g/mol. The minimum atomic E-state index is 0. The van der Waals surface area contributed by atoms with Crippen LogP contribution < -0.4 is 17.3 Å². The van der Waals surface area contributed by atoms with Crippen LogP contribution in [0.25, 0.3) is 0 Å². The molecule has 1 heterocycles. The van der Waals surface area contributed by atoms with Crippen molar-refractivity contribution in [1.29, 1.82) is 0 Å². The summed E-state index contributed by atoms with van der Waals surface area (Å²) >= 11 is 3.40. The van der Waals surface area contributed by atoms with Gasteiger partial charge in [0.1, 0.15) is 6.54 Å². The van der Waals surface area contributed by atoms with E-state index in [1.807, 2.05) is 35.2 Å². The second kappa shape index (κ2) is 8.48. The maximum atomic E-state index is 12.5. The van der Waals surface area contributed by atoms with E-state index in [0.717, 1.165) is 42.8 Å². The Balaban J connectivity index is 0.00000192. The van der Waals surface area contributed by atoms with E-state index in [-0.39, 0.29) is 18.3 Å². The van der Waals surface area contributed by atoms with Gasteiger partial charge in [0, 0.05) is 15.6 Å². The molecule has 0 aliphatic carbocycles. The zero-order valence-corrected chi connectivity index (χ0v) is 15.2. The Labute approximate surface area is 151 Å². The van der Waals surface area contributed by atoms with Crippen LogP contribution in [0.4, 0.5) is 0 Å². The Morgan fingerprint density at radius 3 is 2.22 bits per heavy atom. The van der Waals surface area contributed by atoms with Crippen molar-refractivity contribution in [3.63, 3.8) is 0 Å². The molecule has 2 aromatic rings. The minimum Gasteiger partial charge on any atom is -1.00 e. The molecular weight excluding hydrogens is 376 g/mol. The second-order valence-electron chi connectivity index (χ2n) is 5.71. The molecule has 0 saturated carbocycles. The first-order valence-electron chi connectivity index (χ1n) is 7.65. The molecule has 1 saturated heterocycles. The highest BCUT2D eigenvalue weighted by Gasteiger charge is 2.24. The molecule has 0 aromatic heterocycles. The van der Waals surface area contributed by atoms with Gasteiger partial charge in [0.25, 0.3) is 5.91 Å². The monoisotopic (exact) mass is 394 g/mol. The van der Waals surface area contributed by atoms with Crippen LogP contribution in [0.3, 0.4) is 0 Å². The first-order valence-corrected chi connectivity index (χ1v) is 8.44. The van der Waals surface area contributed by atoms with E-state index < -0.39 is 0 Å². The number of nitrogens with one attached hydrogen (secondary N) is 1. The number of quaternary nitrogens is 1. The molecule has 1 aliphatic heterocycles. The van der Waals surface area contributed by atoms with Crippen molar-refractivity contribution in [1.82, 2.24) is 4.90 Å². The molecule has 1 fully saturated rings. The molecule has 0 bridgehead atoms. The normalized spacial score (nSPS) is 15.1. The van der Waals surface area contributed by atoms with Crippen LogP contribution in [-0.4, -0.2) is 37.0 Å². The lowest BCUT2D eigenvalue weighted by atomic mass is 10.1. The zero-order chi connectivity index (χ0) is 15.4. The molecular formula is C18H20BrClN2O. The Hall–Kier alpha value is -1.36. The van der Waals surface area contributed by atoms with Crippen molar-refractivity contribution < 1.29 is 22.1 Å². The van der Waals surface area contributed by atoms with Gasteiger partial charge in [0.05, 0.1) is 26.2 Å². The predicted octanol–water partition coefficient (Wildman–Crippen LogP) is -1.01. The van der Waals surface area contributed by atoms with Crippen LogP contribution in [0.5, 0.6) is 0 Å². The summed E-state index contributed by atoms with van der Waals surface area (Å²) < 4.78 is 1.00. The zero-order valence-electron chi connectivity index (χ0n) is 12.8. The van der Waals surface area contributed by atoms with E-state index in [1.54, 1.807) is 4.90 Å². The summed E-state index contributed by atoms with van der Waals surface area (Å²) in [5.41, 5.74) is 2.14. The highest BCUT2D eigenvalue weighted by Crippen LogP contribution is 2.12. The molecule has 3 rings (SSSR count). The number of benzene rings is 2. The first-order chi connectivity index (χ1) is 10.7. The summed E-state index contributed by atoms with van der Waals surface area (Å²) in [5, 5.41) is 0. The number of amides is 1. The third kappa shape index (κ3) is 4.80. The van der Waals surface area contributed by atoms with Crippen LogP contribution in [-0.2, 0) is 6.54 Å². The van der Waals surface area contributed by atoms with E-state index in [1.165, 1.54) is 5.56 Å². The third-order valence-corrected chi connectivity index (χ3v) is 4.67. The van der Waals surface area contributed by atoms with Crippen molar-refractivity contribution in [2.24, 2.45) is 0 Å². The molecule has 1 aliphatic rings. The number of hydrogen-bond donors (Lipinski definition) is 1. The summed E-state index contributed by atoms with van der Waals surface area (Å²) in [6.45, 7) is 4.73. The molecule has 0 radical (unpaired) electrons. The predicted molar refractivity (Wildman–Crippen MR) is 90.9 cm³/mol. The molecule has 122 valence electrons. The number of hydrogen-bond acceptors (Lipinski definition) is 1. The lowest BCUT2D eigenvalue weighted by molar-refractivity contribution is -0.917. The van der Waals surface area contributed by atoms with E-state index in [2.05, 4.69) is 40.2 Å². The number of carbonyl (C=O) groups is 1. The van der Waals surface area contributed by atoms with E-state index in [0.29, 0.717) is 0 Å². The van der Waals surface area contributed by atoms with E-state index >= 15 is 0 Å². The van der Waals surface area contributed by atoms with Crippen molar-refractivity contribution in [2.45, 2.75) is 6.54 Å². The lowest BCUT2D eigenvalue weighted by Crippen LogP contribution is -3.13. The second-order valence-corrected chi connectivity index (χ2v) is 6.63. The average Bonchev–Trinajstić information content (AvgIpc) is 2.57. The Morgan fingerprint density at radius 1 is 1.00 bits per heavy atom. The number of rotatable bonds is 3. The van der Waals surface area contributed by atoms with Gasteiger partial charge in [-0.25, -0.2) is 0 Å². The first kappa shape index (κ1) is 18.0. The molecule has 0 unspecified atom stereocenters. The smallest absolute Gasteiger partial charge is 0.254 e. The van der Waals surface area contributed by atoms with Crippen LogP contribution in [0.1, 0.15) is 15.9 Å². The van der Waals surface area contributed by atoms with Gasteiger partial charge < -0.3 is 22.2 Å². The van der Waals surface area contributed by atoms with Crippen LogP contribution in [0.15, 0.2) is 59.1 Å². The molecule has 3 nitrogen and oxygen atoms in total. The summed E-state index contributed by atoms with van der Waals surface area (Å²) in [7, 11) is 0. The SMILES string of the molecule is O=C(c1ccc(Br)cc1)N1CC[NH+](Cc2ccccc2)CC1.[Cl-]. The van der Waals surface area contributed by atoms with Gasteiger partial charge in [0.2, 0.25) is 0 Å². The van der Waals surface area contributed by atoms with Gasteiger partial charge in [-0.3, -0.25) is 4.79 Å². The van der Waals surface area contributed by atoms with Crippen molar-refractivity contribution in [3.8, 4) is 0 Å². The third-order valence-electron chi connectivity index (χ3n) is 4.15. The number of nitrogens with zero attached hydrogens (tertiary/aromatic N) is 1. The van der Waals surface area contributed by atoms with E-state index in [9.17, 15) is 4.79 Å². The van der Waals surface area contributed by atoms with Gasteiger partial charge in [-0.1, -0.05) is 46.3 Å². The Bertz CT molecular complexity index is 625. The summed E-state index contributed by atoms with van der Waals surface area (Å²) in [4.78, 5) is 16.0. The van der Waals surface area contributed by atoms with E-state index in [4.69, 9.17) is 0 Å². The standard InChI is InChI=1S/C18H19BrN2O.ClH/c19-17-8-6-16(7-9-17)18(22)21-12-10-20(11-13-21)14-15-4-2-1-3-5-15;/h1-9H,10-14H2;1H. The highest BCUT2D eigenvalue weighted by molar-refractivity contribution is 9.10. The van der Waals surface area contributed by atoms with Crippen LogP contribution >= 0.6 is 15.9 Å². The van der Waals surface area contributed by atoms with Crippen molar-refractivity contribution in [3.05, 3.63) is 70.2 Å². The molecule has 1 amide bonds. The molecule has 1 N–H and O–H groups in total. The van der Waals surface area contributed by atoms with Gasteiger partial charge in [0.15, 0.2) is 0 Å². The van der Waals surface area contributed by atoms with Crippen molar-refractivity contribution >= 4 is 21.8 Å².